The number of fused-ring (bicyclic) bond motifs is 5. The van der Waals surface area contributed by atoms with Crippen LogP contribution in [0, 0.1) is 0 Å². The van der Waals surface area contributed by atoms with Crippen LogP contribution < -0.4 is 0 Å². The van der Waals surface area contributed by atoms with Crippen LogP contribution in [0.3, 0.4) is 0 Å². The summed E-state index contributed by atoms with van der Waals surface area (Å²) in [4.78, 5) is 21.1. The number of hydrogen-bond donors (Lipinski definition) is 0. The fourth-order valence-electron chi connectivity index (χ4n) is 9.32. The Hall–Kier alpha value is -8.08. The summed E-state index contributed by atoms with van der Waals surface area (Å²) in [5.74, 6) is 1.53. The molecule has 2 aromatic heterocycles. The van der Waals surface area contributed by atoms with Gasteiger partial charge in [-0.1, -0.05) is 170 Å². The number of para-hydroxylation sites is 2. The third-order valence-electron chi connectivity index (χ3n) is 12.8. The standard InChI is InChI=1S/C59H40N4/c1-59(58-61-54-19-11-9-17-52(54)56(63-58)46-26-22-40-20-24-42(33-49(40)35-46)38-12-4-2-5-13-38)31-30-44-32-45(27-29-48(44)37-59)55-51-16-8-10-18-53(51)60-57(62-55)47-28-23-41-21-25-43(34-50(41)36-47)39-14-6-3-7-15-39/h2-36H,37H2,1H3. The summed E-state index contributed by atoms with van der Waals surface area (Å²) in [6, 6.07) is 71.1. The lowest BCUT2D eigenvalue weighted by atomic mass is 9.76. The van der Waals surface area contributed by atoms with Crippen LogP contribution in [0.2, 0.25) is 0 Å². The van der Waals surface area contributed by atoms with E-state index in [4.69, 9.17) is 19.9 Å². The van der Waals surface area contributed by atoms with Crippen LogP contribution in [0.15, 0.2) is 206 Å². The van der Waals surface area contributed by atoms with Gasteiger partial charge in [-0.2, -0.15) is 0 Å². The van der Waals surface area contributed by atoms with Gasteiger partial charge in [0.2, 0.25) is 0 Å². The number of rotatable bonds is 6. The molecule has 12 rings (SSSR count). The zero-order valence-electron chi connectivity index (χ0n) is 34.7. The number of nitrogens with zero attached hydrogens (tertiary/aromatic N) is 4. The summed E-state index contributed by atoms with van der Waals surface area (Å²) in [5.41, 5.74) is 13.7. The van der Waals surface area contributed by atoms with Crippen LogP contribution in [0.5, 0.6) is 0 Å². The molecule has 0 fully saturated rings. The Balaban J connectivity index is 0.902. The zero-order chi connectivity index (χ0) is 41.9. The van der Waals surface area contributed by atoms with Crippen LogP contribution in [-0.4, -0.2) is 19.9 Å². The minimum Gasteiger partial charge on any atom is -0.232 e. The van der Waals surface area contributed by atoms with Crippen molar-refractivity contribution in [3.63, 3.8) is 0 Å². The van der Waals surface area contributed by atoms with Gasteiger partial charge in [-0.3, -0.25) is 0 Å². The first-order chi connectivity index (χ1) is 31.0. The van der Waals surface area contributed by atoms with Crippen LogP contribution >= 0.6 is 0 Å². The summed E-state index contributed by atoms with van der Waals surface area (Å²) in [6.07, 6.45) is 5.31. The maximum atomic E-state index is 5.42. The maximum absolute atomic E-state index is 5.42. The monoisotopic (exact) mass is 804 g/mol. The van der Waals surface area contributed by atoms with Gasteiger partial charge in [-0.15, -0.1) is 0 Å². The fraction of sp³-hybridized carbons (Fsp3) is 0.0508. The van der Waals surface area contributed by atoms with Crippen molar-refractivity contribution < 1.29 is 0 Å². The van der Waals surface area contributed by atoms with Crippen LogP contribution in [0.25, 0.3) is 106 Å². The Morgan fingerprint density at radius 1 is 0.381 bits per heavy atom. The maximum Gasteiger partial charge on any atom is 0.160 e. The Morgan fingerprint density at radius 3 is 1.52 bits per heavy atom. The predicted molar refractivity (Wildman–Crippen MR) is 261 cm³/mol. The molecule has 4 heteroatoms. The lowest BCUT2D eigenvalue weighted by molar-refractivity contribution is 0.549. The van der Waals surface area contributed by atoms with Crippen molar-refractivity contribution in [1.29, 1.82) is 0 Å². The second-order valence-corrected chi connectivity index (χ2v) is 17.0. The van der Waals surface area contributed by atoms with Gasteiger partial charge in [0, 0.05) is 32.9 Å². The third-order valence-corrected chi connectivity index (χ3v) is 12.8. The highest BCUT2D eigenvalue weighted by Gasteiger charge is 2.32. The summed E-state index contributed by atoms with van der Waals surface area (Å²) in [7, 11) is 0. The van der Waals surface area contributed by atoms with Crippen molar-refractivity contribution in [3.05, 3.63) is 223 Å². The summed E-state index contributed by atoms with van der Waals surface area (Å²) in [5, 5.41) is 6.80. The second kappa shape index (κ2) is 14.8. The van der Waals surface area contributed by atoms with E-state index in [1.54, 1.807) is 0 Å². The summed E-state index contributed by atoms with van der Waals surface area (Å²) < 4.78 is 0. The van der Waals surface area contributed by atoms with Gasteiger partial charge in [0.25, 0.3) is 0 Å². The van der Waals surface area contributed by atoms with Gasteiger partial charge >= 0.3 is 0 Å². The number of hydrogen-bond acceptors (Lipinski definition) is 4. The average Bonchev–Trinajstić information content (AvgIpc) is 3.35. The van der Waals surface area contributed by atoms with E-state index in [0.29, 0.717) is 5.82 Å². The molecule has 0 spiro atoms. The molecule has 0 saturated heterocycles. The molecule has 63 heavy (non-hydrogen) atoms. The molecular weight excluding hydrogens is 765 g/mol. The van der Waals surface area contributed by atoms with E-state index in [0.717, 1.165) is 67.5 Å². The minimum atomic E-state index is -0.421. The van der Waals surface area contributed by atoms with Gasteiger partial charge in [0.1, 0.15) is 5.82 Å². The molecule has 1 aliphatic rings. The first-order valence-electron chi connectivity index (χ1n) is 21.6. The number of allylic oxidation sites excluding steroid dienone is 1. The number of benzene rings is 9. The quantitative estimate of drug-likeness (QED) is 0.168. The molecule has 2 heterocycles. The van der Waals surface area contributed by atoms with Crippen LogP contribution in [0.4, 0.5) is 0 Å². The van der Waals surface area contributed by atoms with Crippen LogP contribution in [0.1, 0.15) is 23.9 Å². The molecule has 1 aliphatic carbocycles. The highest BCUT2D eigenvalue weighted by atomic mass is 14.9. The van der Waals surface area contributed by atoms with E-state index in [2.05, 4.69) is 213 Å². The molecule has 9 aromatic carbocycles. The predicted octanol–water partition coefficient (Wildman–Crippen LogP) is 14.7. The topological polar surface area (TPSA) is 51.6 Å². The van der Waals surface area contributed by atoms with Crippen molar-refractivity contribution in [2.75, 3.05) is 0 Å². The third kappa shape index (κ3) is 6.64. The lowest BCUT2D eigenvalue weighted by Crippen LogP contribution is -2.28. The molecule has 0 bridgehead atoms. The van der Waals surface area contributed by atoms with Gasteiger partial charge in [0.15, 0.2) is 5.82 Å². The largest absolute Gasteiger partial charge is 0.232 e. The molecule has 4 nitrogen and oxygen atoms in total. The van der Waals surface area contributed by atoms with E-state index in [9.17, 15) is 0 Å². The van der Waals surface area contributed by atoms with E-state index in [1.807, 2.05) is 6.07 Å². The molecular formula is C59H40N4. The molecule has 1 atom stereocenters. The van der Waals surface area contributed by atoms with Gasteiger partial charge in [0.05, 0.1) is 22.4 Å². The van der Waals surface area contributed by atoms with Gasteiger partial charge < -0.3 is 0 Å². The molecule has 0 aliphatic heterocycles. The van der Waals surface area contributed by atoms with Crippen molar-refractivity contribution in [2.45, 2.75) is 18.8 Å². The van der Waals surface area contributed by atoms with E-state index >= 15 is 0 Å². The van der Waals surface area contributed by atoms with Crippen molar-refractivity contribution in [1.82, 2.24) is 19.9 Å². The molecule has 0 saturated carbocycles. The zero-order valence-corrected chi connectivity index (χ0v) is 34.7. The Morgan fingerprint density at radius 2 is 0.873 bits per heavy atom. The fourth-order valence-corrected chi connectivity index (χ4v) is 9.32. The second-order valence-electron chi connectivity index (χ2n) is 17.0. The molecule has 0 radical (unpaired) electrons. The van der Waals surface area contributed by atoms with Crippen molar-refractivity contribution in [3.8, 4) is 56.2 Å². The van der Waals surface area contributed by atoms with Crippen molar-refractivity contribution >= 4 is 49.4 Å². The molecule has 296 valence electrons. The van der Waals surface area contributed by atoms with E-state index in [1.165, 1.54) is 49.5 Å². The van der Waals surface area contributed by atoms with Crippen LogP contribution in [-0.2, 0) is 11.8 Å². The highest BCUT2D eigenvalue weighted by Crippen LogP contribution is 2.40. The Labute approximate surface area is 366 Å². The summed E-state index contributed by atoms with van der Waals surface area (Å²) >= 11 is 0. The molecule has 11 aromatic rings. The average molecular weight is 805 g/mol. The smallest absolute Gasteiger partial charge is 0.160 e. The van der Waals surface area contributed by atoms with E-state index < -0.39 is 5.41 Å². The van der Waals surface area contributed by atoms with Crippen molar-refractivity contribution in [2.24, 2.45) is 0 Å². The van der Waals surface area contributed by atoms with E-state index in [-0.39, 0.29) is 0 Å². The van der Waals surface area contributed by atoms with Gasteiger partial charge in [-0.05, 0) is 111 Å². The first-order valence-corrected chi connectivity index (χ1v) is 21.6. The minimum absolute atomic E-state index is 0.421. The Bertz CT molecular complexity index is 3610. The highest BCUT2D eigenvalue weighted by molar-refractivity contribution is 5.98. The Kier molecular flexibility index (Phi) is 8.65. The lowest BCUT2D eigenvalue weighted by Gasteiger charge is -2.30. The molecule has 1 unspecified atom stereocenters. The number of aromatic nitrogens is 4. The molecule has 0 N–H and O–H groups in total. The SMILES string of the molecule is CC1(c2nc(-c3ccc4ccc(-c5ccccc5)cc4c3)c3ccccc3n2)C=Cc2cc(-c3nc(-c4ccc5ccc(-c6ccccc6)cc5c4)nc4ccccc34)ccc2C1. The normalized spacial score (nSPS) is 14.7. The van der Waals surface area contributed by atoms with Gasteiger partial charge in [-0.25, -0.2) is 19.9 Å². The first kappa shape index (κ1) is 36.7. The molecule has 0 amide bonds. The summed E-state index contributed by atoms with van der Waals surface area (Å²) in [6.45, 7) is 2.26.